The number of carbonyl (C=O) groups is 2. The molecule has 0 bridgehead atoms. The van der Waals surface area contributed by atoms with Crippen LogP contribution in [0.5, 0.6) is 0 Å². The number of anilines is 2. The van der Waals surface area contributed by atoms with E-state index >= 15 is 0 Å². The maximum atomic E-state index is 13.4. The molecule has 3 rings (SSSR count). The zero-order chi connectivity index (χ0) is 23.4. The number of H-pyrrole nitrogens is 1. The van der Waals surface area contributed by atoms with Crippen LogP contribution in [0.2, 0.25) is 0 Å². The third-order valence-corrected chi connectivity index (χ3v) is 5.59. The van der Waals surface area contributed by atoms with Gasteiger partial charge < -0.3 is 15.4 Å². The number of aromatic nitrogens is 2. The summed E-state index contributed by atoms with van der Waals surface area (Å²) in [5.41, 5.74) is 5.98. The summed E-state index contributed by atoms with van der Waals surface area (Å²) in [6.45, 7) is 6.58. The van der Waals surface area contributed by atoms with Crippen molar-refractivity contribution in [1.29, 1.82) is 0 Å². The summed E-state index contributed by atoms with van der Waals surface area (Å²) in [4.78, 5) is 54.2. The van der Waals surface area contributed by atoms with Gasteiger partial charge in [-0.3, -0.25) is 19.1 Å². The number of amides is 1. The number of nitrogens with zero attached hydrogens (tertiary/aromatic N) is 2. The third kappa shape index (κ3) is 4.76. The van der Waals surface area contributed by atoms with Crippen LogP contribution in [0.3, 0.4) is 0 Å². The number of cyclic esters (lactones) is 1. The van der Waals surface area contributed by atoms with E-state index in [1.807, 2.05) is 20.8 Å². The molecule has 1 atom stereocenters. The van der Waals surface area contributed by atoms with Crippen LogP contribution in [0.4, 0.5) is 11.5 Å². The topological polar surface area (TPSA) is 127 Å². The summed E-state index contributed by atoms with van der Waals surface area (Å²) in [5, 5.41) is 0. The van der Waals surface area contributed by atoms with Crippen molar-refractivity contribution in [3.05, 3.63) is 56.2 Å². The van der Waals surface area contributed by atoms with E-state index in [0.29, 0.717) is 30.5 Å². The Kier molecular flexibility index (Phi) is 7.17. The third-order valence-electron chi connectivity index (χ3n) is 5.59. The van der Waals surface area contributed by atoms with Gasteiger partial charge in [-0.1, -0.05) is 45.4 Å². The van der Waals surface area contributed by atoms with Crippen molar-refractivity contribution in [1.82, 2.24) is 9.55 Å². The number of ether oxygens (including phenoxy) is 1. The number of nitrogen functional groups attached to an aromatic ring is 1. The van der Waals surface area contributed by atoms with Gasteiger partial charge in [0.05, 0.1) is 12.0 Å². The van der Waals surface area contributed by atoms with E-state index < -0.39 is 29.2 Å². The van der Waals surface area contributed by atoms with E-state index in [1.54, 1.807) is 24.3 Å². The number of fused-ring (bicyclic) bond motifs is 1. The molecule has 0 radical (unpaired) electrons. The second-order valence-electron chi connectivity index (χ2n) is 8.41. The fraction of sp³-hybridized carbons (Fsp3) is 0.478. The van der Waals surface area contributed by atoms with Crippen LogP contribution in [0.1, 0.15) is 68.5 Å². The molecule has 1 aliphatic rings. The molecule has 2 aromatic rings. The van der Waals surface area contributed by atoms with Gasteiger partial charge in [-0.2, -0.15) is 0 Å². The normalized spacial score (nSPS) is 15.0. The Hall–Kier alpha value is -3.36. The number of aromatic amines is 1. The summed E-state index contributed by atoms with van der Waals surface area (Å²) < 4.78 is 6.70. The Morgan fingerprint density at radius 1 is 1.25 bits per heavy atom. The lowest BCUT2D eigenvalue weighted by Crippen LogP contribution is -2.42. The van der Waals surface area contributed by atoms with Gasteiger partial charge in [0.15, 0.2) is 5.69 Å². The lowest BCUT2D eigenvalue weighted by Gasteiger charge is -2.26. The highest BCUT2D eigenvalue weighted by Crippen LogP contribution is 2.34. The standard InChI is InChI=1S/C23H30N4O5/c1-4-5-11-27-20(24)19(21(29)25-23(27)31)26(12-10-14(2)3)18(28)13-17-15-8-6-7-9-16(15)22(30)32-17/h6-9,14,17H,4-5,10-13,24H2,1-3H3,(H,25,29,31)/t17-/m1/s1. The van der Waals surface area contributed by atoms with Crippen LogP contribution >= 0.6 is 0 Å². The minimum Gasteiger partial charge on any atom is -0.453 e. The van der Waals surface area contributed by atoms with Gasteiger partial charge in [-0.05, 0) is 24.8 Å². The summed E-state index contributed by atoms with van der Waals surface area (Å²) in [7, 11) is 0. The second kappa shape index (κ2) is 9.84. The molecule has 172 valence electrons. The first-order valence-corrected chi connectivity index (χ1v) is 11.0. The van der Waals surface area contributed by atoms with Gasteiger partial charge in [0, 0.05) is 18.7 Å². The number of hydrogen-bond acceptors (Lipinski definition) is 6. The highest BCUT2D eigenvalue weighted by Gasteiger charge is 2.34. The molecule has 3 N–H and O–H groups in total. The van der Waals surface area contributed by atoms with Crippen molar-refractivity contribution in [2.24, 2.45) is 5.92 Å². The van der Waals surface area contributed by atoms with Gasteiger partial charge >= 0.3 is 11.7 Å². The van der Waals surface area contributed by atoms with Crippen LogP contribution in [0.25, 0.3) is 0 Å². The molecular formula is C23H30N4O5. The zero-order valence-electron chi connectivity index (χ0n) is 18.7. The molecule has 0 spiro atoms. The number of hydrogen-bond donors (Lipinski definition) is 2. The fourth-order valence-corrected chi connectivity index (χ4v) is 3.77. The molecule has 9 heteroatoms. The highest BCUT2D eigenvalue weighted by atomic mass is 16.5. The van der Waals surface area contributed by atoms with Crippen molar-refractivity contribution in [2.45, 2.75) is 59.1 Å². The summed E-state index contributed by atoms with van der Waals surface area (Å²) in [6.07, 6.45) is 1.29. The largest absolute Gasteiger partial charge is 0.453 e. The van der Waals surface area contributed by atoms with Crippen molar-refractivity contribution in [3.63, 3.8) is 0 Å². The van der Waals surface area contributed by atoms with Crippen LogP contribution in [-0.4, -0.2) is 28.0 Å². The van der Waals surface area contributed by atoms with E-state index in [-0.39, 0.29) is 30.4 Å². The van der Waals surface area contributed by atoms with Crippen LogP contribution in [-0.2, 0) is 16.1 Å². The van der Waals surface area contributed by atoms with Crippen LogP contribution < -0.4 is 21.9 Å². The molecule has 1 amide bonds. The first kappa shape index (κ1) is 23.3. The Balaban J connectivity index is 1.97. The average molecular weight is 443 g/mol. The van der Waals surface area contributed by atoms with Gasteiger partial charge in [0.2, 0.25) is 5.91 Å². The molecule has 2 heterocycles. The number of nitrogens with one attached hydrogen (secondary N) is 1. The lowest BCUT2D eigenvalue weighted by atomic mass is 10.0. The van der Waals surface area contributed by atoms with Gasteiger partial charge in [-0.15, -0.1) is 0 Å². The first-order chi connectivity index (χ1) is 15.2. The number of esters is 1. The van der Waals surface area contributed by atoms with Crippen molar-refractivity contribution in [2.75, 3.05) is 17.2 Å². The van der Waals surface area contributed by atoms with Gasteiger partial charge in [0.1, 0.15) is 11.9 Å². The molecule has 0 unspecified atom stereocenters. The number of benzene rings is 1. The Labute approximate surface area is 186 Å². The predicted octanol–water partition coefficient (Wildman–Crippen LogP) is 2.60. The van der Waals surface area contributed by atoms with Gasteiger partial charge in [0.25, 0.3) is 5.56 Å². The first-order valence-electron chi connectivity index (χ1n) is 11.0. The zero-order valence-corrected chi connectivity index (χ0v) is 18.7. The SMILES string of the molecule is CCCCn1c(N)c(N(CCC(C)C)C(=O)C[C@H]2OC(=O)c3ccccc32)c(=O)[nH]c1=O. The van der Waals surface area contributed by atoms with Gasteiger partial charge in [-0.25, -0.2) is 9.59 Å². The molecule has 1 aromatic carbocycles. The number of unbranched alkanes of at least 4 members (excludes halogenated alkanes) is 1. The van der Waals surface area contributed by atoms with Crippen LogP contribution in [0, 0.1) is 5.92 Å². The highest BCUT2D eigenvalue weighted by molar-refractivity contribution is 5.98. The maximum absolute atomic E-state index is 13.4. The smallest absolute Gasteiger partial charge is 0.339 e. The van der Waals surface area contributed by atoms with E-state index in [9.17, 15) is 19.2 Å². The molecular weight excluding hydrogens is 412 g/mol. The van der Waals surface area contributed by atoms with Crippen molar-refractivity contribution >= 4 is 23.4 Å². The van der Waals surface area contributed by atoms with E-state index in [0.717, 1.165) is 6.42 Å². The second-order valence-corrected chi connectivity index (χ2v) is 8.41. The molecule has 0 saturated carbocycles. The Bertz CT molecular complexity index is 1120. The lowest BCUT2D eigenvalue weighted by molar-refractivity contribution is -0.120. The van der Waals surface area contributed by atoms with E-state index in [2.05, 4.69) is 4.98 Å². The Morgan fingerprint density at radius 2 is 1.97 bits per heavy atom. The number of rotatable bonds is 9. The van der Waals surface area contributed by atoms with Crippen molar-refractivity contribution in [3.8, 4) is 0 Å². The molecule has 0 aliphatic carbocycles. The number of nitrogens with two attached hydrogens (primary N) is 1. The average Bonchev–Trinajstić information content (AvgIpc) is 3.05. The maximum Gasteiger partial charge on any atom is 0.339 e. The molecule has 0 fully saturated rings. The molecule has 0 saturated heterocycles. The molecule has 9 nitrogen and oxygen atoms in total. The number of carbonyl (C=O) groups excluding carboxylic acids is 2. The Morgan fingerprint density at radius 3 is 2.66 bits per heavy atom. The minimum atomic E-state index is -0.737. The predicted molar refractivity (Wildman–Crippen MR) is 122 cm³/mol. The van der Waals surface area contributed by atoms with Crippen LogP contribution in [0.15, 0.2) is 33.9 Å². The summed E-state index contributed by atoms with van der Waals surface area (Å²) >= 11 is 0. The quantitative estimate of drug-likeness (QED) is 0.575. The molecule has 1 aromatic heterocycles. The summed E-state index contributed by atoms with van der Waals surface area (Å²) in [5.74, 6) is -0.648. The molecule has 1 aliphatic heterocycles. The summed E-state index contributed by atoms with van der Waals surface area (Å²) in [6, 6.07) is 6.92. The van der Waals surface area contributed by atoms with E-state index in [4.69, 9.17) is 10.5 Å². The van der Waals surface area contributed by atoms with Crippen molar-refractivity contribution < 1.29 is 14.3 Å². The monoisotopic (exact) mass is 442 g/mol. The molecule has 32 heavy (non-hydrogen) atoms. The fourth-order valence-electron chi connectivity index (χ4n) is 3.77. The van der Waals surface area contributed by atoms with E-state index in [1.165, 1.54) is 9.47 Å². The minimum absolute atomic E-state index is 0.0341.